The van der Waals surface area contributed by atoms with Crippen molar-refractivity contribution in [3.05, 3.63) is 81.8 Å². The molecule has 0 atom stereocenters. The minimum Gasteiger partial charge on any atom is -0.467 e. The fraction of sp³-hybridized carbons (Fsp3) is 0.238. The van der Waals surface area contributed by atoms with Gasteiger partial charge in [0.25, 0.3) is 0 Å². The number of rotatable bonds is 7. The first kappa shape index (κ1) is 19.9. The number of ketones is 1. The highest BCUT2D eigenvalue weighted by Crippen LogP contribution is 2.21. The molecule has 3 aromatic rings. The number of hydrogen-bond acceptors (Lipinski definition) is 4. The Hall–Kier alpha value is -2.86. The van der Waals surface area contributed by atoms with Gasteiger partial charge in [0.1, 0.15) is 11.6 Å². The number of ether oxygens (including phenoxy) is 1. The summed E-state index contributed by atoms with van der Waals surface area (Å²) in [5.41, 5.74) is 2.17. The number of Topliss-reactive ketones (excluding diaryl/α,β-unsaturated/α-hetero) is 1. The van der Waals surface area contributed by atoms with Crippen LogP contribution in [-0.4, -0.2) is 22.9 Å². The van der Waals surface area contributed by atoms with Gasteiger partial charge < -0.3 is 13.7 Å². The van der Waals surface area contributed by atoms with Crippen molar-refractivity contribution in [2.24, 2.45) is 0 Å². The van der Waals surface area contributed by atoms with E-state index in [0.717, 1.165) is 17.1 Å². The predicted octanol–water partition coefficient (Wildman–Crippen LogP) is 4.51. The number of hydrogen-bond donors (Lipinski definition) is 0. The van der Waals surface area contributed by atoms with Gasteiger partial charge in [0.05, 0.1) is 19.2 Å². The van der Waals surface area contributed by atoms with Gasteiger partial charge in [-0.25, -0.2) is 4.39 Å². The minimum absolute atomic E-state index is 0.0539. The standard InChI is InChI=1S/C21H19ClFNO4/c1-13-9-16(14(2)24(13)11-15-5-4-8-27-15)20(25)12-28-21(26)10-17-18(22)6-3-7-19(17)23/h3-9H,10-12H2,1-2H3. The molecule has 0 spiro atoms. The average Bonchev–Trinajstić information content (AvgIpc) is 3.26. The number of furan rings is 1. The molecule has 0 N–H and O–H groups in total. The Morgan fingerprint density at radius 1 is 1.21 bits per heavy atom. The van der Waals surface area contributed by atoms with E-state index in [-0.39, 0.29) is 22.8 Å². The molecule has 2 aromatic heterocycles. The fourth-order valence-corrected chi connectivity index (χ4v) is 3.24. The molecule has 0 fully saturated rings. The Morgan fingerprint density at radius 2 is 2.00 bits per heavy atom. The van der Waals surface area contributed by atoms with E-state index in [0.29, 0.717) is 12.1 Å². The minimum atomic E-state index is -0.718. The van der Waals surface area contributed by atoms with E-state index < -0.39 is 18.4 Å². The van der Waals surface area contributed by atoms with Gasteiger partial charge >= 0.3 is 5.97 Å². The molecule has 0 radical (unpaired) electrons. The normalized spacial score (nSPS) is 10.9. The average molecular weight is 404 g/mol. The summed E-state index contributed by atoms with van der Waals surface area (Å²) < 4.78 is 26.1. The summed E-state index contributed by atoms with van der Waals surface area (Å²) in [6.07, 6.45) is 1.26. The lowest BCUT2D eigenvalue weighted by atomic mass is 10.1. The lowest BCUT2D eigenvalue weighted by molar-refractivity contribution is -0.141. The van der Waals surface area contributed by atoms with Crippen molar-refractivity contribution in [3.63, 3.8) is 0 Å². The summed E-state index contributed by atoms with van der Waals surface area (Å²) in [5.74, 6) is -0.859. The summed E-state index contributed by atoms with van der Waals surface area (Å²) in [7, 11) is 0. The number of esters is 1. The van der Waals surface area contributed by atoms with E-state index in [1.54, 1.807) is 18.4 Å². The van der Waals surface area contributed by atoms with E-state index in [9.17, 15) is 14.0 Å². The van der Waals surface area contributed by atoms with E-state index >= 15 is 0 Å². The molecule has 0 aliphatic carbocycles. The molecule has 28 heavy (non-hydrogen) atoms. The maximum atomic E-state index is 13.8. The third kappa shape index (κ3) is 4.34. The summed E-state index contributed by atoms with van der Waals surface area (Å²) >= 11 is 5.91. The number of nitrogens with zero attached hydrogens (tertiary/aromatic N) is 1. The molecule has 7 heteroatoms. The third-order valence-electron chi connectivity index (χ3n) is 4.52. The van der Waals surface area contributed by atoms with Gasteiger partial charge in [0.15, 0.2) is 6.61 Å². The lowest BCUT2D eigenvalue weighted by Gasteiger charge is -2.08. The highest BCUT2D eigenvalue weighted by atomic mass is 35.5. The van der Waals surface area contributed by atoms with Crippen LogP contribution >= 0.6 is 11.6 Å². The first-order chi connectivity index (χ1) is 13.4. The zero-order chi connectivity index (χ0) is 20.3. The number of benzene rings is 1. The van der Waals surface area contributed by atoms with Gasteiger partial charge in [-0.15, -0.1) is 0 Å². The lowest BCUT2D eigenvalue weighted by Crippen LogP contribution is -2.17. The van der Waals surface area contributed by atoms with E-state index in [2.05, 4.69) is 0 Å². The molecule has 0 amide bonds. The van der Waals surface area contributed by atoms with Gasteiger partial charge in [0.2, 0.25) is 5.78 Å². The van der Waals surface area contributed by atoms with Gasteiger partial charge in [0, 0.05) is 27.5 Å². The van der Waals surface area contributed by atoms with Crippen LogP contribution in [-0.2, 0) is 22.5 Å². The molecule has 146 valence electrons. The largest absolute Gasteiger partial charge is 0.467 e. The van der Waals surface area contributed by atoms with Crippen molar-refractivity contribution < 1.29 is 23.1 Å². The second-order valence-corrected chi connectivity index (χ2v) is 6.82. The Bertz CT molecular complexity index is 988. The number of carbonyl (C=O) groups excluding carboxylic acids is 2. The molecule has 1 aromatic carbocycles. The first-order valence-electron chi connectivity index (χ1n) is 8.67. The Balaban J connectivity index is 1.64. The number of halogens is 2. The quantitative estimate of drug-likeness (QED) is 0.430. The van der Waals surface area contributed by atoms with Gasteiger partial charge in [-0.1, -0.05) is 17.7 Å². The number of aryl methyl sites for hydroxylation is 1. The third-order valence-corrected chi connectivity index (χ3v) is 4.87. The summed E-state index contributed by atoms with van der Waals surface area (Å²) in [5, 5.41) is 0.143. The molecule has 0 bridgehead atoms. The predicted molar refractivity (Wildman–Crippen MR) is 102 cm³/mol. The van der Waals surface area contributed by atoms with Crippen molar-refractivity contribution in [2.75, 3.05) is 6.61 Å². The maximum absolute atomic E-state index is 13.8. The Kier molecular flexibility index (Phi) is 5.99. The van der Waals surface area contributed by atoms with Gasteiger partial charge in [-0.3, -0.25) is 9.59 Å². The van der Waals surface area contributed by atoms with Crippen LogP contribution in [0.4, 0.5) is 4.39 Å². The van der Waals surface area contributed by atoms with Crippen LogP contribution in [0.2, 0.25) is 5.02 Å². The SMILES string of the molecule is Cc1cc(C(=O)COC(=O)Cc2c(F)cccc2Cl)c(C)n1Cc1ccco1. The second kappa shape index (κ2) is 8.44. The van der Waals surface area contributed by atoms with Crippen molar-refractivity contribution in [2.45, 2.75) is 26.8 Å². The monoisotopic (exact) mass is 403 g/mol. The van der Waals surface area contributed by atoms with Crippen LogP contribution in [0, 0.1) is 19.7 Å². The highest BCUT2D eigenvalue weighted by molar-refractivity contribution is 6.31. The van der Waals surface area contributed by atoms with Crippen molar-refractivity contribution >= 4 is 23.4 Å². The molecular weight excluding hydrogens is 385 g/mol. The van der Waals surface area contributed by atoms with E-state index in [1.807, 2.05) is 24.5 Å². The van der Waals surface area contributed by atoms with Crippen molar-refractivity contribution in [3.8, 4) is 0 Å². The maximum Gasteiger partial charge on any atom is 0.310 e. The van der Waals surface area contributed by atoms with Crippen LogP contribution in [0.15, 0.2) is 47.1 Å². The second-order valence-electron chi connectivity index (χ2n) is 6.41. The molecule has 3 rings (SSSR count). The topological polar surface area (TPSA) is 61.4 Å². The summed E-state index contributed by atoms with van der Waals surface area (Å²) in [6, 6.07) is 9.57. The molecule has 5 nitrogen and oxygen atoms in total. The highest BCUT2D eigenvalue weighted by Gasteiger charge is 2.19. The smallest absolute Gasteiger partial charge is 0.310 e. The zero-order valence-corrected chi connectivity index (χ0v) is 16.3. The molecule has 0 aliphatic rings. The van der Waals surface area contributed by atoms with E-state index in [4.69, 9.17) is 20.8 Å². The van der Waals surface area contributed by atoms with Crippen LogP contribution in [0.25, 0.3) is 0 Å². The van der Waals surface area contributed by atoms with Gasteiger partial charge in [-0.05, 0) is 44.2 Å². The molecule has 0 saturated heterocycles. The first-order valence-corrected chi connectivity index (χ1v) is 9.05. The van der Waals surface area contributed by atoms with Crippen LogP contribution in [0.5, 0.6) is 0 Å². The molecular formula is C21H19ClFNO4. The molecule has 0 aliphatic heterocycles. The van der Waals surface area contributed by atoms with Crippen molar-refractivity contribution in [1.82, 2.24) is 4.57 Å². The van der Waals surface area contributed by atoms with E-state index in [1.165, 1.54) is 18.2 Å². The summed E-state index contributed by atoms with van der Waals surface area (Å²) in [4.78, 5) is 24.5. The fourth-order valence-electron chi connectivity index (χ4n) is 3.01. The Labute approximate surface area is 166 Å². The van der Waals surface area contributed by atoms with Crippen LogP contribution in [0.3, 0.4) is 0 Å². The zero-order valence-electron chi connectivity index (χ0n) is 15.5. The Morgan fingerprint density at radius 3 is 2.68 bits per heavy atom. The van der Waals surface area contributed by atoms with Gasteiger partial charge in [-0.2, -0.15) is 0 Å². The molecule has 0 unspecified atom stereocenters. The van der Waals surface area contributed by atoms with Crippen LogP contribution in [0.1, 0.15) is 33.1 Å². The molecule has 2 heterocycles. The molecule has 0 saturated carbocycles. The van der Waals surface area contributed by atoms with Crippen molar-refractivity contribution in [1.29, 1.82) is 0 Å². The number of carbonyl (C=O) groups is 2. The number of aromatic nitrogens is 1. The van der Waals surface area contributed by atoms with Crippen LogP contribution < -0.4 is 0 Å². The summed E-state index contributed by atoms with van der Waals surface area (Å²) in [6.45, 7) is 3.79.